The summed E-state index contributed by atoms with van der Waals surface area (Å²) >= 11 is 1.29. The molecule has 1 aromatic carbocycles. The molecule has 2 aromatic rings. The van der Waals surface area contributed by atoms with Gasteiger partial charge in [0.05, 0.1) is 14.8 Å². The predicted molar refractivity (Wildman–Crippen MR) is 91.8 cm³/mol. The van der Waals surface area contributed by atoms with Gasteiger partial charge in [-0.3, -0.25) is 19.7 Å². The molecule has 24 heavy (non-hydrogen) atoms. The number of nitrogens with zero attached hydrogens (tertiary/aromatic N) is 1. The van der Waals surface area contributed by atoms with Crippen LogP contribution < -0.4 is 5.32 Å². The highest BCUT2D eigenvalue weighted by Crippen LogP contribution is 2.40. The molecular weight excluding hydrogens is 328 g/mol. The average Bonchev–Trinajstić information content (AvgIpc) is 2.88. The van der Waals surface area contributed by atoms with Gasteiger partial charge < -0.3 is 5.32 Å². The van der Waals surface area contributed by atoms with Gasteiger partial charge in [0, 0.05) is 24.1 Å². The molecule has 1 aliphatic rings. The largest absolute Gasteiger partial charge is 0.314 e. The number of rotatable bonds is 3. The van der Waals surface area contributed by atoms with Gasteiger partial charge in [-0.05, 0) is 35.6 Å². The number of carbonyl (C=O) groups is 2. The van der Waals surface area contributed by atoms with Crippen molar-refractivity contribution in [3.8, 4) is 0 Å². The quantitative estimate of drug-likeness (QED) is 0.671. The maximum atomic E-state index is 12.3. The van der Waals surface area contributed by atoms with Crippen molar-refractivity contribution in [2.75, 3.05) is 5.32 Å². The van der Waals surface area contributed by atoms with Crippen LogP contribution in [0.4, 0.5) is 10.7 Å². The average molecular weight is 344 g/mol. The molecule has 0 spiro atoms. The van der Waals surface area contributed by atoms with E-state index in [-0.39, 0.29) is 22.8 Å². The second-order valence-electron chi connectivity index (χ2n) is 6.66. The van der Waals surface area contributed by atoms with Crippen LogP contribution in [-0.2, 0) is 6.42 Å². The van der Waals surface area contributed by atoms with E-state index in [0.29, 0.717) is 21.9 Å². The number of thiophene rings is 1. The first-order chi connectivity index (χ1) is 11.2. The van der Waals surface area contributed by atoms with E-state index in [1.807, 2.05) is 6.07 Å². The number of nitrogens with one attached hydrogen (secondary N) is 1. The maximum absolute atomic E-state index is 12.3. The summed E-state index contributed by atoms with van der Waals surface area (Å²) in [5.41, 5.74) is 1.18. The molecule has 0 bridgehead atoms. The number of ketones is 1. The van der Waals surface area contributed by atoms with Crippen molar-refractivity contribution < 1.29 is 14.5 Å². The summed E-state index contributed by atoms with van der Waals surface area (Å²) in [7, 11) is 0. The second kappa shape index (κ2) is 5.83. The molecule has 1 amide bonds. The van der Waals surface area contributed by atoms with E-state index in [2.05, 4.69) is 19.2 Å². The Labute approximate surface area is 142 Å². The molecule has 6 nitrogen and oxygen atoms in total. The zero-order chi connectivity index (χ0) is 17.5. The fourth-order valence-electron chi connectivity index (χ4n) is 2.87. The lowest BCUT2D eigenvalue weighted by Crippen LogP contribution is -2.25. The third-order valence-corrected chi connectivity index (χ3v) is 5.08. The van der Waals surface area contributed by atoms with Crippen LogP contribution in [0.5, 0.6) is 0 Å². The van der Waals surface area contributed by atoms with E-state index in [0.717, 1.165) is 12.0 Å². The number of nitro groups is 1. The molecule has 7 heteroatoms. The number of Topliss-reactive ketones (excluding diaryl/α,β-unsaturated/α-hetero) is 1. The number of anilines is 1. The van der Waals surface area contributed by atoms with Crippen LogP contribution in [0, 0.1) is 15.5 Å². The van der Waals surface area contributed by atoms with Gasteiger partial charge in [-0.1, -0.05) is 13.8 Å². The molecule has 1 heterocycles. The van der Waals surface area contributed by atoms with E-state index in [1.54, 1.807) is 0 Å². The van der Waals surface area contributed by atoms with E-state index < -0.39 is 4.92 Å². The van der Waals surface area contributed by atoms with E-state index in [4.69, 9.17) is 0 Å². The smallest absolute Gasteiger partial charge is 0.269 e. The number of amides is 1. The maximum Gasteiger partial charge on any atom is 0.269 e. The number of hydrogen-bond acceptors (Lipinski definition) is 5. The van der Waals surface area contributed by atoms with Crippen molar-refractivity contribution >= 4 is 33.7 Å². The van der Waals surface area contributed by atoms with Gasteiger partial charge in [0.1, 0.15) is 0 Å². The van der Waals surface area contributed by atoms with Crippen LogP contribution in [0.25, 0.3) is 0 Å². The Morgan fingerprint density at radius 1 is 1.25 bits per heavy atom. The minimum Gasteiger partial charge on any atom is -0.314 e. The van der Waals surface area contributed by atoms with Gasteiger partial charge in [0.2, 0.25) is 0 Å². The van der Waals surface area contributed by atoms with Gasteiger partial charge in [-0.15, -0.1) is 11.3 Å². The molecule has 1 aliphatic carbocycles. The molecule has 1 aromatic heterocycles. The Hall–Kier alpha value is -2.54. The van der Waals surface area contributed by atoms with Crippen molar-refractivity contribution in [3.63, 3.8) is 0 Å². The third-order valence-electron chi connectivity index (χ3n) is 3.95. The highest BCUT2D eigenvalue weighted by Gasteiger charge is 2.32. The zero-order valence-electron chi connectivity index (χ0n) is 13.3. The Balaban J connectivity index is 1.78. The summed E-state index contributed by atoms with van der Waals surface area (Å²) in [4.78, 5) is 35.3. The first kappa shape index (κ1) is 16.3. The van der Waals surface area contributed by atoms with E-state index >= 15 is 0 Å². The van der Waals surface area contributed by atoms with Crippen LogP contribution in [-0.4, -0.2) is 16.6 Å². The molecule has 0 radical (unpaired) electrons. The Bertz CT molecular complexity index is 837. The van der Waals surface area contributed by atoms with Crippen LogP contribution in [0.1, 0.15) is 45.9 Å². The minimum atomic E-state index is -0.512. The van der Waals surface area contributed by atoms with Crippen molar-refractivity contribution in [1.82, 2.24) is 0 Å². The topological polar surface area (TPSA) is 89.3 Å². The Morgan fingerprint density at radius 3 is 2.54 bits per heavy atom. The lowest BCUT2D eigenvalue weighted by atomic mass is 9.76. The van der Waals surface area contributed by atoms with Gasteiger partial charge in [0.25, 0.3) is 11.6 Å². The summed E-state index contributed by atoms with van der Waals surface area (Å²) in [6.45, 7) is 4.11. The predicted octanol–water partition coefficient (Wildman–Crippen LogP) is 4.06. The number of benzene rings is 1. The summed E-state index contributed by atoms with van der Waals surface area (Å²) in [6, 6.07) is 7.26. The van der Waals surface area contributed by atoms with Gasteiger partial charge in [0.15, 0.2) is 5.78 Å². The molecule has 124 valence electrons. The van der Waals surface area contributed by atoms with Crippen molar-refractivity contribution in [1.29, 1.82) is 0 Å². The summed E-state index contributed by atoms with van der Waals surface area (Å²) in [5.74, 6) is -0.239. The molecule has 1 N–H and O–H groups in total. The molecule has 0 fully saturated rings. The summed E-state index contributed by atoms with van der Waals surface area (Å²) in [5, 5.41) is 14.0. The monoisotopic (exact) mass is 344 g/mol. The van der Waals surface area contributed by atoms with Crippen molar-refractivity contribution in [3.05, 3.63) is 56.5 Å². The minimum absolute atomic E-state index is 0.0639. The summed E-state index contributed by atoms with van der Waals surface area (Å²) < 4.78 is 0. The van der Waals surface area contributed by atoms with Crippen molar-refractivity contribution in [2.45, 2.75) is 26.7 Å². The molecule has 3 rings (SSSR count). The van der Waals surface area contributed by atoms with Crippen LogP contribution in [0.15, 0.2) is 30.3 Å². The molecule has 0 saturated heterocycles. The summed E-state index contributed by atoms with van der Waals surface area (Å²) in [6.07, 6.45) is 1.31. The molecule has 0 unspecified atom stereocenters. The number of fused-ring (bicyclic) bond motifs is 1. The van der Waals surface area contributed by atoms with Gasteiger partial charge in [-0.25, -0.2) is 0 Å². The van der Waals surface area contributed by atoms with Crippen LogP contribution >= 0.6 is 11.3 Å². The lowest BCUT2D eigenvalue weighted by Gasteiger charge is -2.27. The number of carbonyl (C=O) groups excluding carboxylic acids is 2. The first-order valence-electron chi connectivity index (χ1n) is 7.47. The SMILES string of the molecule is CC1(C)CC(=O)c2sc(NC(=O)c3ccc([N+](=O)[O-])cc3)cc2C1. The Morgan fingerprint density at radius 2 is 1.92 bits per heavy atom. The second-order valence-corrected chi connectivity index (χ2v) is 7.72. The molecule has 0 saturated carbocycles. The first-order valence-corrected chi connectivity index (χ1v) is 8.28. The fourth-order valence-corrected chi connectivity index (χ4v) is 3.88. The fraction of sp³-hybridized carbons (Fsp3) is 0.294. The van der Waals surface area contributed by atoms with Gasteiger partial charge in [-0.2, -0.15) is 0 Å². The molecular formula is C17H16N2O4S. The van der Waals surface area contributed by atoms with Crippen LogP contribution in [0.3, 0.4) is 0 Å². The van der Waals surface area contributed by atoms with E-state index in [1.165, 1.54) is 35.6 Å². The normalized spacial score (nSPS) is 15.7. The highest BCUT2D eigenvalue weighted by molar-refractivity contribution is 7.18. The van der Waals surface area contributed by atoms with E-state index in [9.17, 15) is 19.7 Å². The lowest BCUT2D eigenvalue weighted by molar-refractivity contribution is -0.384. The third kappa shape index (κ3) is 3.21. The number of nitro benzene ring substituents is 1. The van der Waals surface area contributed by atoms with Crippen molar-refractivity contribution in [2.24, 2.45) is 5.41 Å². The molecule has 0 aliphatic heterocycles. The van der Waals surface area contributed by atoms with Gasteiger partial charge >= 0.3 is 0 Å². The zero-order valence-corrected chi connectivity index (χ0v) is 14.1. The highest BCUT2D eigenvalue weighted by atomic mass is 32.1. The number of hydrogen-bond donors (Lipinski definition) is 1. The molecule has 0 atom stereocenters. The Kier molecular flexibility index (Phi) is 3.96. The number of non-ortho nitro benzene ring substituents is 1. The van der Waals surface area contributed by atoms with Crippen LogP contribution in [0.2, 0.25) is 0 Å². The standard InChI is InChI=1S/C17H16N2O4S/c1-17(2)8-11-7-14(24-15(11)13(20)9-17)18-16(21)10-3-5-12(6-4-10)19(22)23/h3-7H,8-9H2,1-2H3,(H,18,21).